The normalized spacial score (nSPS) is 45.6. The lowest BCUT2D eigenvalue weighted by atomic mass is 9.88. The Bertz CT molecular complexity index is 604. The number of ether oxygens (including phenoxy) is 3. The summed E-state index contributed by atoms with van der Waals surface area (Å²) in [5.74, 6) is -1.71. The van der Waals surface area contributed by atoms with E-state index >= 15 is 0 Å². The predicted octanol–water partition coefficient (Wildman–Crippen LogP) is -5.04. The molecular weight excluding hydrogens is 396 g/mol. The van der Waals surface area contributed by atoms with E-state index in [0.29, 0.717) is 0 Å². The Hall–Kier alpha value is -1.21. The van der Waals surface area contributed by atoms with Gasteiger partial charge in [0.2, 0.25) is 0 Å². The average Bonchev–Trinajstić information content (AvgIpc) is 2.71. The minimum absolute atomic E-state index is 0.0676. The van der Waals surface area contributed by atoms with Crippen LogP contribution in [-0.2, 0) is 19.0 Å². The Labute approximate surface area is 165 Å². The number of hydrogen-bond donors (Lipinski definition) is 8. The molecule has 0 amide bonds. The minimum Gasteiger partial charge on any atom is -0.394 e. The number of hydrogen-bond acceptors (Lipinski definition) is 12. The Morgan fingerprint density at radius 2 is 1.62 bits per heavy atom. The Morgan fingerprint density at radius 1 is 1.00 bits per heavy atom. The van der Waals surface area contributed by atoms with E-state index in [1.807, 2.05) is 0 Å². The third-order valence-electron chi connectivity index (χ3n) is 4.97. The molecule has 0 bridgehead atoms. The number of Topliss-reactive ketones (excluding diaryl/α,β-unsaturated/α-hetero) is 1. The van der Waals surface area contributed by atoms with Crippen LogP contribution in [0.2, 0.25) is 0 Å². The lowest BCUT2D eigenvalue weighted by Gasteiger charge is -2.48. The molecule has 2 fully saturated rings. The maximum Gasteiger partial charge on any atom is 0.256 e. The van der Waals surface area contributed by atoms with Crippen LogP contribution in [0.15, 0.2) is 0 Å². The van der Waals surface area contributed by atoms with Gasteiger partial charge in [-0.25, -0.2) is 0 Å². The van der Waals surface area contributed by atoms with Gasteiger partial charge in [-0.05, 0) is 0 Å². The molecule has 10 atom stereocenters. The third-order valence-corrected chi connectivity index (χ3v) is 4.97. The van der Waals surface area contributed by atoms with Crippen molar-refractivity contribution in [1.82, 2.24) is 0 Å². The number of carbonyl (C=O) groups is 1. The number of terminal acetylenes is 1. The zero-order valence-corrected chi connectivity index (χ0v) is 15.3. The topological polar surface area (TPSA) is 207 Å². The van der Waals surface area contributed by atoms with Gasteiger partial charge >= 0.3 is 0 Å². The molecule has 8 N–H and O–H groups in total. The molecule has 0 radical (unpaired) electrons. The van der Waals surface area contributed by atoms with Gasteiger partial charge in [0, 0.05) is 12.8 Å². The van der Waals surface area contributed by atoms with Crippen molar-refractivity contribution in [3.63, 3.8) is 0 Å². The standard InChI is InChI=1S/C17H26O12/c1-2-3-4-9(20)17(26)15(25)13(24)14(8(6-19)29-17)28-16-12(23)11(22)10(21)7(5-18)27-16/h1,7-8,10-16,18-19,21-26H,3-6H2/t7-,8-,10+,11+,12-,13+,14-,15-,16+,17?/m1/s1. The van der Waals surface area contributed by atoms with Crippen molar-refractivity contribution in [1.29, 1.82) is 0 Å². The summed E-state index contributed by atoms with van der Waals surface area (Å²) in [5.41, 5.74) is 0. The number of carbonyl (C=O) groups excluding carboxylic acids is 1. The van der Waals surface area contributed by atoms with Crippen molar-refractivity contribution in [3.8, 4) is 12.3 Å². The Balaban J connectivity index is 2.20. The zero-order valence-electron chi connectivity index (χ0n) is 15.3. The van der Waals surface area contributed by atoms with Crippen LogP contribution in [0.5, 0.6) is 0 Å². The highest BCUT2D eigenvalue weighted by Gasteiger charge is 2.58. The number of rotatable bonds is 7. The maximum atomic E-state index is 12.2. The smallest absolute Gasteiger partial charge is 0.256 e. The fraction of sp³-hybridized carbons (Fsp3) is 0.824. The summed E-state index contributed by atoms with van der Waals surface area (Å²) >= 11 is 0. The van der Waals surface area contributed by atoms with E-state index in [1.54, 1.807) is 0 Å². The van der Waals surface area contributed by atoms with Crippen molar-refractivity contribution in [2.45, 2.75) is 73.8 Å². The summed E-state index contributed by atoms with van der Waals surface area (Å²) in [6.45, 7) is -1.61. The highest BCUT2D eigenvalue weighted by Crippen LogP contribution is 2.34. The second-order valence-electron chi connectivity index (χ2n) is 6.90. The number of aliphatic hydroxyl groups is 8. The fourth-order valence-electron chi connectivity index (χ4n) is 3.24. The quantitative estimate of drug-likeness (QED) is 0.181. The Morgan fingerprint density at radius 3 is 2.17 bits per heavy atom. The minimum atomic E-state index is -2.86. The van der Waals surface area contributed by atoms with Gasteiger partial charge < -0.3 is 55.1 Å². The second kappa shape index (κ2) is 9.73. The van der Waals surface area contributed by atoms with E-state index in [4.69, 9.17) is 20.6 Å². The molecule has 12 nitrogen and oxygen atoms in total. The van der Waals surface area contributed by atoms with Crippen LogP contribution < -0.4 is 0 Å². The molecular formula is C17H26O12. The maximum absolute atomic E-state index is 12.2. The van der Waals surface area contributed by atoms with E-state index in [1.165, 1.54) is 0 Å². The zero-order chi connectivity index (χ0) is 21.9. The molecule has 0 aromatic heterocycles. The molecule has 1 unspecified atom stereocenters. The third kappa shape index (κ3) is 4.61. The second-order valence-corrected chi connectivity index (χ2v) is 6.90. The first kappa shape index (κ1) is 24.1. The van der Waals surface area contributed by atoms with Crippen LogP contribution >= 0.6 is 0 Å². The first-order valence-electron chi connectivity index (χ1n) is 8.92. The monoisotopic (exact) mass is 422 g/mol. The molecule has 2 rings (SSSR count). The van der Waals surface area contributed by atoms with Crippen LogP contribution in [0, 0.1) is 12.3 Å². The molecule has 0 aromatic rings. The van der Waals surface area contributed by atoms with Crippen LogP contribution in [0.25, 0.3) is 0 Å². The number of aliphatic hydroxyl groups excluding tert-OH is 7. The molecule has 0 spiro atoms. The molecule has 0 saturated carbocycles. The van der Waals surface area contributed by atoms with Crippen LogP contribution in [0.4, 0.5) is 0 Å². The van der Waals surface area contributed by atoms with Gasteiger partial charge in [-0.3, -0.25) is 4.79 Å². The SMILES string of the molecule is C#CCCC(=O)C1(O)O[C@H](CO)[C@@H](O[C@@H]2O[C@H](CO)[C@H](O)[C@H](O)[C@H]2O)[C@H](O)[C@H]1O. The molecule has 2 saturated heterocycles. The summed E-state index contributed by atoms with van der Waals surface area (Å²) in [5, 5.41) is 79.5. The van der Waals surface area contributed by atoms with Crippen LogP contribution in [-0.4, -0.2) is 121 Å². The van der Waals surface area contributed by atoms with Crippen molar-refractivity contribution < 1.29 is 59.9 Å². The summed E-state index contributed by atoms with van der Waals surface area (Å²) < 4.78 is 15.6. The van der Waals surface area contributed by atoms with Gasteiger partial charge in [-0.2, -0.15) is 0 Å². The van der Waals surface area contributed by atoms with E-state index in [9.17, 15) is 45.6 Å². The van der Waals surface area contributed by atoms with Gasteiger partial charge in [-0.1, -0.05) is 0 Å². The molecule has 2 aliphatic rings. The number of ketones is 1. The van der Waals surface area contributed by atoms with E-state index < -0.39 is 79.9 Å². The van der Waals surface area contributed by atoms with Crippen molar-refractivity contribution in [2.24, 2.45) is 0 Å². The molecule has 2 aliphatic heterocycles. The summed E-state index contributed by atoms with van der Waals surface area (Å²) in [6, 6.07) is 0. The van der Waals surface area contributed by atoms with Gasteiger partial charge in [0.15, 0.2) is 12.1 Å². The first-order valence-corrected chi connectivity index (χ1v) is 8.92. The lowest BCUT2D eigenvalue weighted by Crippen LogP contribution is -2.70. The summed E-state index contributed by atoms with van der Waals surface area (Å²) in [4.78, 5) is 12.2. The van der Waals surface area contributed by atoms with Gasteiger partial charge in [0.05, 0.1) is 13.2 Å². The highest BCUT2D eigenvalue weighted by atomic mass is 16.7. The first-order chi connectivity index (χ1) is 13.6. The molecule has 0 aromatic carbocycles. The molecule has 12 heteroatoms. The van der Waals surface area contributed by atoms with Crippen LogP contribution in [0.1, 0.15) is 12.8 Å². The van der Waals surface area contributed by atoms with E-state index in [2.05, 4.69) is 5.92 Å². The fourth-order valence-corrected chi connectivity index (χ4v) is 3.24. The van der Waals surface area contributed by atoms with Gasteiger partial charge in [-0.15, -0.1) is 12.3 Å². The van der Waals surface area contributed by atoms with Crippen molar-refractivity contribution >= 4 is 5.78 Å². The van der Waals surface area contributed by atoms with E-state index in [0.717, 1.165) is 0 Å². The molecule has 166 valence electrons. The van der Waals surface area contributed by atoms with Gasteiger partial charge in [0.25, 0.3) is 5.79 Å². The van der Waals surface area contributed by atoms with Gasteiger partial charge in [0.1, 0.15) is 48.8 Å². The Kier molecular flexibility index (Phi) is 8.08. The predicted molar refractivity (Wildman–Crippen MR) is 90.6 cm³/mol. The van der Waals surface area contributed by atoms with Crippen LogP contribution in [0.3, 0.4) is 0 Å². The summed E-state index contributed by atoms with van der Waals surface area (Å²) in [6.07, 6.45) is -11.0. The average molecular weight is 422 g/mol. The van der Waals surface area contributed by atoms with Crippen molar-refractivity contribution in [3.05, 3.63) is 0 Å². The summed E-state index contributed by atoms with van der Waals surface area (Å²) in [7, 11) is 0. The van der Waals surface area contributed by atoms with Crippen molar-refractivity contribution in [2.75, 3.05) is 13.2 Å². The largest absolute Gasteiger partial charge is 0.394 e. The molecule has 29 heavy (non-hydrogen) atoms. The van der Waals surface area contributed by atoms with E-state index in [-0.39, 0.29) is 12.8 Å². The lowest BCUT2D eigenvalue weighted by molar-refractivity contribution is -0.372. The molecule has 0 aliphatic carbocycles. The highest BCUT2D eigenvalue weighted by molar-refractivity contribution is 5.86. The molecule has 2 heterocycles.